The molecule has 0 spiro atoms. The Balaban J connectivity index is 1.73. The number of hydrogen-bond acceptors (Lipinski definition) is 3. The molecule has 2 aromatic carbocycles. The number of thioether (sulfide) groups is 2. The van der Waals surface area contributed by atoms with Gasteiger partial charge in [-0.05, 0) is 42.3 Å². The Kier molecular flexibility index (Phi) is 5.01. The molecule has 5 heteroatoms. The van der Waals surface area contributed by atoms with Crippen LogP contribution in [0.3, 0.4) is 0 Å². The number of halogens is 1. The Labute approximate surface area is 144 Å². The van der Waals surface area contributed by atoms with E-state index >= 15 is 0 Å². The van der Waals surface area contributed by atoms with Crippen molar-refractivity contribution in [2.24, 2.45) is 0 Å². The molecular weight excluding hydrogens is 334 g/mol. The summed E-state index contributed by atoms with van der Waals surface area (Å²) in [6.07, 6.45) is 0. The molecule has 114 valence electrons. The molecule has 0 atom stereocenters. The van der Waals surface area contributed by atoms with E-state index in [2.05, 4.69) is 17.4 Å². The fraction of sp³-hybridized carbons (Fsp3) is 0.235. The zero-order chi connectivity index (χ0) is 15.5. The highest BCUT2D eigenvalue weighted by Crippen LogP contribution is 2.45. The van der Waals surface area contributed by atoms with Gasteiger partial charge in [-0.25, -0.2) is 0 Å². The van der Waals surface area contributed by atoms with E-state index in [4.69, 9.17) is 11.6 Å². The topological polar surface area (TPSA) is 29.1 Å². The van der Waals surface area contributed by atoms with Crippen molar-refractivity contribution in [2.75, 3.05) is 16.8 Å². The third-order valence-electron chi connectivity index (χ3n) is 3.51. The molecule has 2 nitrogen and oxygen atoms in total. The van der Waals surface area contributed by atoms with E-state index in [9.17, 15) is 4.79 Å². The molecule has 22 heavy (non-hydrogen) atoms. The molecule has 0 radical (unpaired) electrons. The van der Waals surface area contributed by atoms with Crippen molar-refractivity contribution in [2.45, 2.75) is 11.5 Å². The summed E-state index contributed by atoms with van der Waals surface area (Å²) in [4.78, 5) is 12.3. The maximum Gasteiger partial charge on any atom is 0.255 e. The molecule has 0 bridgehead atoms. The number of nitrogens with one attached hydrogen (secondary N) is 1. The average molecular weight is 350 g/mol. The number of anilines is 1. The second-order valence-electron chi connectivity index (χ2n) is 5.11. The van der Waals surface area contributed by atoms with Crippen LogP contribution < -0.4 is 5.32 Å². The van der Waals surface area contributed by atoms with Crippen molar-refractivity contribution >= 4 is 46.7 Å². The van der Waals surface area contributed by atoms with Gasteiger partial charge in [0.05, 0.1) is 4.58 Å². The van der Waals surface area contributed by atoms with Crippen LogP contribution in [-0.2, 0) is 0 Å². The van der Waals surface area contributed by atoms with Gasteiger partial charge in [0.15, 0.2) is 0 Å². The first kappa shape index (κ1) is 15.8. The number of aryl methyl sites for hydroxylation is 1. The molecule has 2 aromatic rings. The zero-order valence-corrected chi connectivity index (χ0v) is 14.5. The molecule has 1 saturated heterocycles. The van der Waals surface area contributed by atoms with Crippen LogP contribution in [0.15, 0.2) is 42.5 Å². The summed E-state index contributed by atoms with van der Waals surface area (Å²) < 4.78 is 0.507. The summed E-state index contributed by atoms with van der Waals surface area (Å²) >= 11 is 9.91. The zero-order valence-electron chi connectivity index (χ0n) is 12.1. The number of hydrogen-bond donors (Lipinski definition) is 1. The van der Waals surface area contributed by atoms with Gasteiger partial charge in [0.25, 0.3) is 5.91 Å². The van der Waals surface area contributed by atoms with Gasteiger partial charge in [-0.3, -0.25) is 4.79 Å². The molecule has 1 N–H and O–H groups in total. The fourth-order valence-electron chi connectivity index (χ4n) is 2.27. The van der Waals surface area contributed by atoms with Gasteiger partial charge < -0.3 is 5.32 Å². The Morgan fingerprint density at radius 3 is 2.50 bits per heavy atom. The summed E-state index contributed by atoms with van der Waals surface area (Å²) in [5.74, 6) is 2.29. The van der Waals surface area contributed by atoms with Crippen LogP contribution in [-0.4, -0.2) is 17.4 Å². The molecule has 1 heterocycles. The predicted octanol–water partition coefficient (Wildman–Crippen LogP) is 5.38. The lowest BCUT2D eigenvalue weighted by atomic mass is 10.1. The van der Waals surface area contributed by atoms with Crippen LogP contribution >= 0.6 is 35.1 Å². The van der Waals surface area contributed by atoms with Crippen molar-refractivity contribution in [3.05, 3.63) is 64.2 Å². The van der Waals surface area contributed by atoms with E-state index in [0.717, 1.165) is 11.3 Å². The van der Waals surface area contributed by atoms with E-state index < -0.39 is 0 Å². The highest BCUT2D eigenvalue weighted by Gasteiger charge is 2.18. The van der Waals surface area contributed by atoms with Crippen LogP contribution in [0.1, 0.15) is 26.1 Å². The van der Waals surface area contributed by atoms with E-state index in [0.29, 0.717) is 15.2 Å². The van der Waals surface area contributed by atoms with Gasteiger partial charge in [0, 0.05) is 27.8 Å². The summed E-state index contributed by atoms with van der Waals surface area (Å²) in [5.41, 5.74) is 3.69. The van der Waals surface area contributed by atoms with Gasteiger partial charge in [-0.15, -0.1) is 23.5 Å². The minimum atomic E-state index is -0.108. The van der Waals surface area contributed by atoms with Crippen molar-refractivity contribution in [1.29, 1.82) is 0 Å². The normalized spacial score (nSPS) is 15.0. The quantitative estimate of drug-likeness (QED) is 0.806. The molecule has 1 aliphatic rings. The van der Waals surface area contributed by atoms with E-state index in [1.807, 2.05) is 54.7 Å². The molecular formula is C17H16ClNOS2. The fourth-order valence-corrected chi connectivity index (χ4v) is 5.30. The monoisotopic (exact) mass is 349 g/mol. The van der Waals surface area contributed by atoms with Crippen molar-refractivity contribution in [3.63, 3.8) is 0 Å². The van der Waals surface area contributed by atoms with Gasteiger partial charge in [0.2, 0.25) is 0 Å². The number of carbonyl (C=O) groups excluding carboxylic acids is 1. The van der Waals surface area contributed by atoms with Crippen LogP contribution in [0, 0.1) is 6.92 Å². The van der Waals surface area contributed by atoms with Gasteiger partial charge >= 0.3 is 0 Å². The van der Waals surface area contributed by atoms with E-state index in [1.54, 1.807) is 6.07 Å². The molecule has 3 rings (SSSR count). The average Bonchev–Trinajstić information content (AvgIpc) is 3.05. The van der Waals surface area contributed by atoms with Gasteiger partial charge in [0.1, 0.15) is 0 Å². The summed E-state index contributed by atoms with van der Waals surface area (Å²) in [6, 6.07) is 13.4. The molecule has 0 unspecified atom stereocenters. The van der Waals surface area contributed by atoms with Crippen LogP contribution in [0.5, 0.6) is 0 Å². The third kappa shape index (κ3) is 3.62. The maximum atomic E-state index is 12.3. The molecule has 0 saturated carbocycles. The van der Waals surface area contributed by atoms with Crippen molar-refractivity contribution in [3.8, 4) is 0 Å². The van der Waals surface area contributed by atoms with E-state index in [1.165, 1.54) is 17.1 Å². The highest BCUT2D eigenvalue weighted by molar-refractivity contribution is 8.19. The van der Waals surface area contributed by atoms with Crippen molar-refractivity contribution < 1.29 is 4.79 Å². The molecule has 1 fully saturated rings. The number of amides is 1. The first-order chi connectivity index (χ1) is 10.6. The SMILES string of the molecule is Cc1ccc(Cl)cc1NC(=O)c1ccc(C2SCCS2)cc1. The highest BCUT2D eigenvalue weighted by atomic mass is 35.5. The summed E-state index contributed by atoms with van der Waals surface area (Å²) in [7, 11) is 0. The first-order valence-electron chi connectivity index (χ1n) is 7.04. The Morgan fingerprint density at radius 1 is 1.14 bits per heavy atom. The molecule has 1 aliphatic heterocycles. The number of carbonyl (C=O) groups is 1. The molecule has 0 aliphatic carbocycles. The third-order valence-corrected chi connectivity index (χ3v) is 6.85. The molecule has 1 amide bonds. The first-order valence-corrected chi connectivity index (χ1v) is 9.52. The van der Waals surface area contributed by atoms with E-state index in [-0.39, 0.29) is 5.91 Å². The lowest BCUT2D eigenvalue weighted by Crippen LogP contribution is -2.12. The lowest BCUT2D eigenvalue weighted by Gasteiger charge is -2.11. The molecule has 0 aromatic heterocycles. The smallest absolute Gasteiger partial charge is 0.255 e. The minimum absolute atomic E-state index is 0.108. The predicted molar refractivity (Wildman–Crippen MR) is 98.2 cm³/mol. The largest absolute Gasteiger partial charge is 0.322 e. The Bertz CT molecular complexity index is 682. The summed E-state index contributed by atoms with van der Waals surface area (Å²) in [6.45, 7) is 1.95. The minimum Gasteiger partial charge on any atom is -0.322 e. The maximum absolute atomic E-state index is 12.3. The van der Waals surface area contributed by atoms with Crippen molar-refractivity contribution in [1.82, 2.24) is 0 Å². The Morgan fingerprint density at radius 2 is 1.82 bits per heavy atom. The lowest BCUT2D eigenvalue weighted by molar-refractivity contribution is 0.102. The number of benzene rings is 2. The summed E-state index contributed by atoms with van der Waals surface area (Å²) in [5, 5.41) is 3.54. The number of rotatable bonds is 3. The van der Waals surface area contributed by atoms with Gasteiger partial charge in [-0.1, -0.05) is 29.8 Å². The second kappa shape index (κ2) is 6.99. The second-order valence-corrected chi connectivity index (χ2v) is 8.27. The standard InChI is InChI=1S/C17H16ClNOS2/c1-11-2-7-14(18)10-15(11)19-16(20)12-3-5-13(6-4-12)17-21-8-9-22-17/h2-7,10,17H,8-9H2,1H3,(H,19,20). The van der Waals surface area contributed by atoms with Crippen LogP contribution in [0.25, 0.3) is 0 Å². The van der Waals surface area contributed by atoms with Crippen LogP contribution in [0.4, 0.5) is 5.69 Å². The Hall–Kier alpha value is -1.10. The van der Waals surface area contributed by atoms with Gasteiger partial charge in [-0.2, -0.15) is 0 Å². The van der Waals surface area contributed by atoms with Crippen LogP contribution in [0.2, 0.25) is 5.02 Å².